The molecule has 0 aliphatic heterocycles. The van der Waals surface area contributed by atoms with Crippen molar-refractivity contribution in [1.82, 2.24) is 5.32 Å². The van der Waals surface area contributed by atoms with Gasteiger partial charge in [0, 0.05) is 20.7 Å². The van der Waals surface area contributed by atoms with E-state index in [-0.39, 0.29) is 0 Å². The largest absolute Gasteiger partial charge is 0.297 e. The molecule has 1 N–H and O–H groups in total. The smallest absolute Gasteiger partial charge is 0.105 e. The van der Waals surface area contributed by atoms with Crippen LogP contribution in [0.4, 0.5) is 0 Å². The Morgan fingerprint density at radius 3 is 2.89 bits per heavy atom. The molecule has 0 spiro atoms. The number of rotatable bonds is 6. The second kappa shape index (κ2) is 6.30. The number of nitriles is 1. The summed E-state index contributed by atoms with van der Waals surface area (Å²) in [7, 11) is 0. The minimum Gasteiger partial charge on any atom is -0.297 e. The molecule has 1 aliphatic carbocycles. The third-order valence-electron chi connectivity index (χ3n) is 3.18. The van der Waals surface area contributed by atoms with Gasteiger partial charge in [0.15, 0.2) is 0 Å². The first kappa shape index (κ1) is 14.9. The van der Waals surface area contributed by atoms with Crippen LogP contribution in [0.3, 0.4) is 0 Å². The summed E-state index contributed by atoms with van der Waals surface area (Å²) in [5.41, 5.74) is -0.403. The van der Waals surface area contributed by atoms with Gasteiger partial charge in [-0.25, -0.2) is 0 Å². The zero-order valence-corrected chi connectivity index (χ0v) is 13.7. The maximum Gasteiger partial charge on any atom is 0.105 e. The van der Waals surface area contributed by atoms with Crippen LogP contribution >= 0.6 is 27.7 Å². The predicted molar refractivity (Wildman–Crippen MR) is 84.3 cm³/mol. The summed E-state index contributed by atoms with van der Waals surface area (Å²) in [5.74, 6) is 0. The first-order valence-corrected chi connectivity index (χ1v) is 8.29. The number of thioether (sulfide) groups is 1. The van der Waals surface area contributed by atoms with Crippen LogP contribution in [0, 0.1) is 11.3 Å². The van der Waals surface area contributed by atoms with E-state index in [1.165, 1.54) is 17.7 Å². The molecule has 0 aromatic heterocycles. The van der Waals surface area contributed by atoms with E-state index < -0.39 is 5.54 Å². The molecule has 0 radical (unpaired) electrons. The fourth-order valence-corrected chi connectivity index (χ4v) is 3.99. The van der Waals surface area contributed by atoms with Crippen molar-refractivity contribution in [2.45, 2.75) is 54.8 Å². The van der Waals surface area contributed by atoms with E-state index in [9.17, 15) is 5.26 Å². The second-order valence-electron chi connectivity index (χ2n) is 5.45. The third-order valence-corrected chi connectivity index (χ3v) is 4.76. The van der Waals surface area contributed by atoms with Crippen LogP contribution in [0.15, 0.2) is 33.6 Å². The molecule has 0 amide bonds. The lowest BCUT2D eigenvalue weighted by atomic mass is 9.98. The van der Waals surface area contributed by atoms with Crippen LogP contribution in [0.5, 0.6) is 0 Å². The van der Waals surface area contributed by atoms with Gasteiger partial charge in [0.25, 0.3) is 0 Å². The van der Waals surface area contributed by atoms with Gasteiger partial charge in [-0.2, -0.15) is 5.26 Å². The summed E-state index contributed by atoms with van der Waals surface area (Å²) in [6, 6.07) is 11.3. The molecular formula is C15H19BrN2S. The molecule has 0 heterocycles. The highest BCUT2D eigenvalue weighted by atomic mass is 79.9. The van der Waals surface area contributed by atoms with E-state index in [2.05, 4.69) is 46.4 Å². The summed E-state index contributed by atoms with van der Waals surface area (Å²) in [6.45, 7) is 4.21. The zero-order chi connectivity index (χ0) is 13.9. The van der Waals surface area contributed by atoms with Gasteiger partial charge in [0.05, 0.1) is 6.07 Å². The molecule has 1 aromatic carbocycles. The Morgan fingerprint density at radius 2 is 2.32 bits per heavy atom. The van der Waals surface area contributed by atoms with Gasteiger partial charge in [-0.1, -0.05) is 28.9 Å². The van der Waals surface area contributed by atoms with Crippen LogP contribution < -0.4 is 5.32 Å². The predicted octanol–water partition coefficient (Wildman–Crippen LogP) is 4.35. The average molecular weight is 339 g/mol. The Hall–Kier alpha value is -0.500. The van der Waals surface area contributed by atoms with Crippen molar-refractivity contribution in [1.29, 1.82) is 5.26 Å². The average Bonchev–Trinajstić information content (AvgIpc) is 3.12. The third kappa shape index (κ3) is 4.83. The van der Waals surface area contributed by atoms with Crippen LogP contribution in [0.2, 0.25) is 0 Å². The van der Waals surface area contributed by atoms with Gasteiger partial charge in [-0.15, -0.1) is 11.8 Å². The molecule has 2 atom stereocenters. The molecule has 102 valence electrons. The lowest BCUT2D eigenvalue weighted by molar-refractivity contribution is 0.415. The Morgan fingerprint density at radius 1 is 1.58 bits per heavy atom. The van der Waals surface area contributed by atoms with Gasteiger partial charge < -0.3 is 0 Å². The van der Waals surface area contributed by atoms with E-state index in [1.54, 1.807) is 0 Å². The highest BCUT2D eigenvalue weighted by Crippen LogP contribution is 2.31. The monoisotopic (exact) mass is 338 g/mol. The zero-order valence-electron chi connectivity index (χ0n) is 11.3. The SMILES string of the molecule is CC(CC(C)(C#N)NC1CC1)Sc1cccc(Br)c1. The van der Waals surface area contributed by atoms with E-state index >= 15 is 0 Å². The van der Waals surface area contributed by atoms with E-state index in [0.717, 1.165) is 10.9 Å². The Kier molecular flexibility index (Phi) is 4.94. The molecule has 1 saturated carbocycles. The van der Waals surface area contributed by atoms with E-state index in [1.807, 2.05) is 30.8 Å². The quantitative estimate of drug-likeness (QED) is 0.783. The number of hydrogen-bond acceptors (Lipinski definition) is 3. The minimum absolute atomic E-state index is 0.403. The number of halogens is 1. The molecule has 0 bridgehead atoms. The maximum atomic E-state index is 9.39. The summed E-state index contributed by atoms with van der Waals surface area (Å²) in [5, 5.41) is 13.3. The van der Waals surface area contributed by atoms with Crippen LogP contribution in [-0.2, 0) is 0 Å². The highest BCUT2D eigenvalue weighted by molar-refractivity contribution is 9.10. The first-order valence-electron chi connectivity index (χ1n) is 6.62. The molecule has 1 aliphatic rings. The number of benzene rings is 1. The standard InChI is InChI=1S/C15H19BrN2S/c1-11(19-14-5-3-4-12(16)8-14)9-15(2,10-17)18-13-6-7-13/h3-5,8,11,13,18H,6-7,9H2,1-2H3. The molecule has 1 aromatic rings. The van der Waals surface area contributed by atoms with Crippen molar-refractivity contribution < 1.29 is 0 Å². The van der Waals surface area contributed by atoms with Gasteiger partial charge in [-0.3, -0.25) is 5.32 Å². The molecule has 2 unspecified atom stereocenters. The van der Waals surface area contributed by atoms with Gasteiger partial charge >= 0.3 is 0 Å². The molecule has 1 fully saturated rings. The first-order chi connectivity index (χ1) is 9.00. The van der Waals surface area contributed by atoms with Crippen LogP contribution in [0.1, 0.15) is 33.1 Å². The molecule has 19 heavy (non-hydrogen) atoms. The highest BCUT2D eigenvalue weighted by Gasteiger charge is 2.33. The lowest BCUT2D eigenvalue weighted by Gasteiger charge is -2.26. The summed E-state index contributed by atoms with van der Waals surface area (Å²) in [4.78, 5) is 1.24. The number of nitrogens with zero attached hydrogens (tertiary/aromatic N) is 1. The van der Waals surface area contributed by atoms with Gasteiger partial charge in [-0.05, 0) is 44.4 Å². The molecule has 2 nitrogen and oxygen atoms in total. The van der Waals surface area contributed by atoms with Crippen molar-refractivity contribution in [3.8, 4) is 6.07 Å². The number of hydrogen-bond donors (Lipinski definition) is 1. The van der Waals surface area contributed by atoms with Crippen LogP contribution in [0.25, 0.3) is 0 Å². The van der Waals surface area contributed by atoms with Gasteiger partial charge in [0.1, 0.15) is 5.54 Å². The van der Waals surface area contributed by atoms with Crippen molar-refractivity contribution >= 4 is 27.7 Å². The fourth-order valence-electron chi connectivity index (χ4n) is 2.20. The molecule has 4 heteroatoms. The fraction of sp³-hybridized carbons (Fsp3) is 0.533. The minimum atomic E-state index is -0.403. The molecular weight excluding hydrogens is 320 g/mol. The Labute approximate surface area is 128 Å². The van der Waals surface area contributed by atoms with Crippen LogP contribution in [-0.4, -0.2) is 16.8 Å². The van der Waals surface area contributed by atoms with E-state index in [0.29, 0.717) is 11.3 Å². The van der Waals surface area contributed by atoms with Crippen molar-refractivity contribution in [2.75, 3.05) is 0 Å². The topological polar surface area (TPSA) is 35.8 Å². The van der Waals surface area contributed by atoms with Crippen molar-refractivity contribution in [2.24, 2.45) is 0 Å². The van der Waals surface area contributed by atoms with Crippen molar-refractivity contribution in [3.63, 3.8) is 0 Å². The second-order valence-corrected chi connectivity index (χ2v) is 7.88. The number of nitrogens with one attached hydrogen (secondary N) is 1. The normalized spacial score (nSPS) is 19.5. The van der Waals surface area contributed by atoms with E-state index in [4.69, 9.17) is 0 Å². The molecule has 0 saturated heterocycles. The maximum absolute atomic E-state index is 9.39. The van der Waals surface area contributed by atoms with Gasteiger partial charge in [0.2, 0.25) is 0 Å². The van der Waals surface area contributed by atoms with Crippen molar-refractivity contribution in [3.05, 3.63) is 28.7 Å². The Balaban J connectivity index is 1.92. The summed E-state index contributed by atoms with van der Waals surface area (Å²) in [6.07, 6.45) is 3.28. The lowest BCUT2D eigenvalue weighted by Crippen LogP contribution is -2.44. The molecule has 2 rings (SSSR count). The summed E-state index contributed by atoms with van der Waals surface area (Å²) < 4.78 is 1.10. The summed E-state index contributed by atoms with van der Waals surface area (Å²) >= 11 is 5.32. The Bertz CT molecular complexity index is 481.